The molecule has 0 bridgehead atoms. The standard InChI is InChI=1S/C18H22N4O/c1-13-11-19-14(2)17(20-13)21-16-9-6-10-22(12-16)18(23)15-7-4-3-5-8-15/h3-5,7-8,11,16H,6,9-10,12H2,1-2H3,(H,20,21)/t16-/m0/s1. The summed E-state index contributed by atoms with van der Waals surface area (Å²) in [5.41, 5.74) is 2.54. The number of carbonyl (C=O) groups excluding carboxylic acids is 1. The lowest BCUT2D eigenvalue weighted by Crippen LogP contribution is -2.45. The first-order valence-corrected chi connectivity index (χ1v) is 8.04. The summed E-state index contributed by atoms with van der Waals surface area (Å²) in [5.74, 6) is 0.924. The maximum absolute atomic E-state index is 12.6. The largest absolute Gasteiger partial charge is 0.364 e. The average Bonchev–Trinajstić information content (AvgIpc) is 2.58. The Bertz CT molecular complexity index is 687. The number of benzene rings is 1. The number of aromatic nitrogens is 2. The second-order valence-electron chi connectivity index (χ2n) is 6.05. The van der Waals surface area contributed by atoms with Gasteiger partial charge in [0, 0.05) is 30.9 Å². The summed E-state index contributed by atoms with van der Waals surface area (Å²) in [5, 5.41) is 3.46. The van der Waals surface area contributed by atoms with Gasteiger partial charge >= 0.3 is 0 Å². The Morgan fingerprint density at radius 3 is 2.83 bits per heavy atom. The molecule has 1 fully saturated rings. The van der Waals surface area contributed by atoms with Gasteiger partial charge in [-0.25, -0.2) is 4.98 Å². The molecular formula is C18H22N4O. The molecule has 0 saturated carbocycles. The summed E-state index contributed by atoms with van der Waals surface area (Å²) >= 11 is 0. The topological polar surface area (TPSA) is 58.1 Å². The maximum Gasteiger partial charge on any atom is 0.253 e. The van der Waals surface area contributed by atoms with Gasteiger partial charge in [0.15, 0.2) is 0 Å². The van der Waals surface area contributed by atoms with Crippen LogP contribution in [0, 0.1) is 13.8 Å². The Morgan fingerprint density at radius 1 is 1.26 bits per heavy atom. The molecule has 1 aliphatic heterocycles. The molecule has 1 aromatic heterocycles. The lowest BCUT2D eigenvalue weighted by Gasteiger charge is -2.33. The van der Waals surface area contributed by atoms with Crippen molar-refractivity contribution in [2.45, 2.75) is 32.7 Å². The number of amides is 1. The van der Waals surface area contributed by atoms with Crippen molar-refractivity contribution in [1.82, 2.24) is 14.9 Å². The maximum atomic E-state index is 12.6. The Balaban J connectivity index is 1.69. The fourth-order valence-electron chi connectivity index (χ4n) is 2.91. The Labute approximate surface area is 136 Å². The summed E-state index contributed by atoms with van der Waals surface area (Å²) in [6, 6.07) is 9.69. The van der Waals surface area contributed by atoms with Crippen molar-refractivity contribution in [3.05, 3.63) is 53.5 Å². The second-order valence-corrected chi connectivity index (χ2v) is 6.05. The number of rotatable bonds is 3. The number of nitrogens with one attached hydrogen (secondary N) is 1. The van der Waals surface area contributed by atoms with E-state index in [1.54, 1.807) is 6.20 Å². The van der Waals surface area contributed by atoms with Gasteiger partial charge in [0.25, 0.3) is 5.91 Å². The van der Waals surface area contributed by atoms with E-state index in [0.717, 1.165) is 42.2 Å². The summed E-state index contributed by atoms with van der Waals surface area (Å²) in [7, 11) is 0. The van der Waals surface area contributed by atoms with E-state index in [0.29, 0.717) is 6.54 Å². The fourth-order valence-corrected chi connectivity index (χ4v) is 2.91. The van der Waals surface area contributed by atoms with Crippen molar-refractivity contribution in [3.8, 4) is 0 Å². The molecule has 0 spiro atoms. The third-order valence-electron chi connectivity index (χ3n) is 4.15. The first kappa shape index (κ1) is 15.5. The van der Waals surface area contributed by atoms with E-state index >= 15 is 0 Å². The molecule has 2 heterocycles. The molecular weight excluding hydrogens is 288 g/mol. The highest BCUT2D eigenvalue weighted by atomic mass is 16.2. The summed E-state index contributed by atoms with van der Waals surface area (Å²) in [6.07, 6.45) is 3.80. The van der Waals surface area contributed by atoms with E-state index < -0.39 is 0 Å². The van der Waals surface area contributed by atoms with Crippen molar-refractivity contribution in [2.75, 3.05) is 18.4 Å². The van der Waals surface area contributed by atoms with Crippen molar-refractivity contribution in [2.24, 2.45) is 0 Å². The van der Waals surface area contributed by atoms with Crippen LogP contribution in [0.4, 0.5) is 5.82 Å². The molecule has 120 valence electrons. The minimum Gasteiger partial charge on any atom is -0.364 e. The SMILES string of the molecule is Cc1cnc(C)c(N[C@H]2CCCN(C(=O)c3ccccc3)C2)n1. The smallest absolute Gasteiger partial charge is 0.253 e. The zero-order chi connectivity index (χ0) is 16.2. The number of likely N-dealkylation sites (tertiary alicyclic amines) is 1. The molecule has 0 radical (unpaired) electrons. The van der Waals surface area contributed by atoms with Crippen LogP contribution >= 0.6 is 0 Å². The van der Waals surface area contributed by atoms with E-state index in [1.807, 2.05) is 49.1 Å². The lowest BCUT2D eigenvalue weighted by atomic mass is 10.0. The van der Waals surface area contributed by atoms with Gasteiger partial charge in [0.1, 0.15) is 5.82 Å². The lowest BCUT2D eigenvalue weighted by molar-refractivity contribution is 0.0714. The molecule has 23 heavy (non-hydrogen) atoms. The van der Waals surface area contributed by atoms with Crippen LogP contribution in [0.2, 0.25) is 0 Å². The van der Waals surface area contributed by atoms with Gasteiger partial charge in [-0.05, 0) is 38.8 Å². The quantitative estimate of drug-likeness (QED) is 0.947. The van der Waals surface area contributed by atoms with E-state index in [4.69, 9.17) is 0 Å². The number of aryl methyl sites for hydroxylation is 2. The molecule has 1 amide bonds. The summed E-state index contributed by atoms with van der Waals surface area (Å²) in [6.45, 7) is 5.39. The number of carbonyl (C=O) groups is 1. The minimum atomic E-state index is 0.101. The minimum absolute atomic E-state index is 0.101. The van der Waals surface area contributed by atoms with Crippen LogP contribution < -0.4 is 5.32 Å². The Morgan fingerprint density at radius 2 is 2.04 bits per heavy atom. The number of piperidine rings is 1. The van der Waals surface area contributed by atoms with Crippen LogP contribution in [-0.2, 0) is 0 Å². The van der Waals surface area contributed by atoms with Crippen molar-refractivity contribution < 1.29 is 4.79 Å². The molecule has 2 aromatic rings. The van der Waals surface area contributed by atoms with E-state index in [1.165, 1.54) is 0 Å². The van der Waals surface area contributed by atoms with Crippen LogP contribution in [-0.4, -0.2) is 39.9 Å². The van der Waals surface area contributed by atoms with E-state index in [2.05, 4.69) is 15.3 Å². The molecule has 3 rings (SSSR count). The zero-order valence-electron chi connectivity index (χ0n) is 13.6. The van der Waals surface area contributed by atoms with Gasteiger partial charge in [0.2, 0.25) is 0 Å². The van der Waals surface area contributed by atoms with E-state index in [9.17, 15) is 4.79 Å². The van der Waals surface area contributed by atoms with Gasteiger partial charge in [-0.2, -0.15) is 0 Å². The van der Waals surface area contributed by atoms with Gasteiger partial charge in [-0.1, -0.05) is 18.2 Å². The van der Waals surface area contributed by atoms with Crippen LogP contribution in [0.3, 0.4) is 0 Å². The number of nitrogens with zero attached hydrogens (tertiary/aromatic N) is 3. The third-order valence-corrected chi connectivity index (χ3v) is 4.15. The van der Waals surface area contributed by atoms with Crippen LogP contribution in [0.5, 0.6) is 0 Å². The van der Waals surface area contributed by atoms with Gasteiger partial charge in [-0.15, -0.1) is 0 Å². The van der Waals surface area contributed by atoms with Gasteiger partial charge < -0.3 is 10.2 Å². The number of hydrogen-bond acceptors (Lipinski definition) is 4. The molecule has 1 aliphatic rings. The van der Waals surface area contributed by atoms with Crippen LogP contribution in [0.1, 0.15) is 34.6 Å². The first-order chi connectivity index (χ1) is 11.1. The highest BCUT2D eigenvalue weighted by Crippen LogP contribution is 2.18. The van der Waals surface area contributed by atoms with Crippen molar-refractivity contribution in [3.63, 3.8) is 0 Å². The molecule has 0 unspecified atom stereocenters. The predicted octanol–water partition coefficient (Wildman–Crippen LogP) is 2.81. The fraction of sp³-hybridized carbons (Fsp3) is 0.389. The normalized spacial score (nSPS) is 17.8. The molecule has 0 aliphatic carbocycles. The van der Waals surface area contributed by atoms with E-state index in [-0.39, 0.29) is 11.9 Å². The number of hydrogen-bond donors (Lipinski definition) is 1. The Hall–Kier alpha value is -2.43. The molecule has 1 N–H and O–H groups in total. The molecule has 1 atom stereocenters. The number of anilines is 1. The third kappa shape index (κ3) is 3.67. The average molecular weight is 310 g/mol. The molecule has 5 heteroatoms. The first-order valence-electron chi connectivity index (χ1n) is 8.04. The predicted molar refractivity (Wildman–Crippen MR) is 90.5 cm³/mol. The van der Waals surface area contributed by atoms with Gasteiger partial charge in [-0.3, -0.25) is 9.78 Å². The highest BCUT2D eigenvalue weighted by molar-refractivity contribution is 5.94. The second kappa shape index (κ2) is 6.77. The van der Waals surface area contributed by atoms with Crippen molar-refractivity contribution in [1.29, 1.82) is 0 Å². The highest BCUT2D eigenvalue weighted by Gasteiger charge is 2.25. The zero-order valence-corrected chi connectivity index (χ0v) is 13.6. The van der Waals surface area contributed by atoms with Crippen molar-refractivity contribution >= 4 is 11.7 Å². The summed E-state index contributed by atoms with van der Waals surface area (Å²) in [4.78, 5) is 23.4. The molecule has 1 saturated heterocycles. The monoisotopic (exact) mass is 310 g/mol. The molecule has 5 nitrogen and oxygen atoms in total. The van der Waals surface area contributed by atoms with Crippen LogP contribution in [0.15, 0.2) is 36.5 Å². The summed E-state index contributed by atoms with van der Waals surface area (Å²) < 4.78 is 0. The molecule has 1 aromatic carbocycles. The van der Waals surface area contributed by atoms with Crippen LogP contribution in [0.25, 0.3) is 0 Å². The Kier molecular flexibility index (Phi) is 4.55. The van der Waals surface area contributed by atoms with Gasteiger partial charge in [0.05, 0.1) is 11.4 Å².